The molecule has 29 heavy (non-hydrogen) atoms. The summed E-state index contributed by atoms with van der Waals surface area (Å²) in [7, 11) is 0. The van der Waals surface area contributed by atoms with E-state index in [1.807, 2.05) is 30.3 Å². The Morgan fingerprint density at radius 1 is 1.00 bits per heavy atom. The van der Waals surface area contributed by atoms with Gasteiger partial charge in [0.1, 0.15) is 5.76 Å². The van der Waals surface area contributed by atoms with Crippen molar-refractivity contribution < 1.29 is 13.9 Å². The van der Waals surface area contributed by atoms with E-state index in [9.17, 15) is 0 Å². The minimum Gasteiger partial charge on any atom is -0.469 e. The van der Waals surface area contributed by atoms with Gasteiger partial charge in [0.05, 0.1) is 12.8 Å². The summed E-state index contributed by atoms with van der Waals surface area (Å²) in [5.41, 5.74) is 1.08. The van der Waals surface area contributed by atoms with Crippen LogP contribution >= 0.6 is 35.3 Å². The summed E-state index contributed by atoms with van der Waals surface area (Å²) in [6.07, 6.45) is 3.48. The van der Waals surface area contributed by atoms with Crippen LogP contribution in [0.3, 0.4) is 0 Å². The van der Waals surface area contributed by atoms with E-state index in [-0.39, 0.29) is 30.8 Å². The minimum absolute atomic E-state index is 0. The van der Waals surface area contributed by atoms with Gasteiger partial charge >= 0.3 is 0 Å². The van der Waals surface area contributed by atoms with E-state index >= 15 is 0 Å². The first-order valence-corrected chi connectivity index (χ1v) is 10.2. The Morgan fingerprint density at radius 2 is 1.86 bits per heavy atom. The number of ether oxygens (including phenoxy) is 2. The highest BCUT2D eigenvalue weighted by molar-refractivity contribution is 14.0. The van der Waals surface area contributed by atoms with Crippen LogP contribution in [-0.2, 0) is 19.4 Å². The average Bonchev–Trinajstić information content (AvgIpc) is 3.47. The number of nitrogens with zero attached hydrogens (tertiary/aromatic N) is 1. The molecular formula is C21H24IN3O3S. The third-order valence-electron chi connectivity index (χ3n) is 4.34. The topological polar surface area (TPSA) is 68.0 Å². The number of hydrogen-bond donors (Lipinski definition) is 2. The van der Waals surface area contributed by atoms with Crippen molar-refractivity contribution in [3.05, 3.63) is 70.3 Å². The lowest BCUT2D eigenvalue weighted by Crippen LogP contribution is -2.39. The molecule has 1 aliphatic rings. The molecule has 0 atom stereocenters. The lowest BCUT2D eigenvalue weighted by Gasteiger charge is -2.12. The van der Waals surface area contributed by atoms with E-state index in [2.05, 4.69) is 28.1 Å². The molecule has 0 saturated heterocycles. The van der Waals surface area contributed by atoms with Gasteiger partial charge in [-0.1, -0.05) is 12.1 Å². The van der Waals surface area contributed by atoms with E-state index in [4.69, 9.17) is 18.9 Å². The van der Waals surface area contributed by atoms with E-state index in [0.29, 0.717) is 6.54 Å². The Hall–Kier alpha value is -2.20. The molecule has 0 amide bonds. The molecule has 0 radical (unpaired) electrons. The molecule has 0 fully saturated rings. The molecule has 0 unspecified atom stereocenters. The second kappa shape index (κ2) is 11.1. The zero-order valence-corrected chi connectivity index (χ0v) is 19.1. The first-order valence-electron chi connectivity index (χ1n) is 9.32. The number of benzene rings is 1. The normalized spacial score (nSPS) is 12.5. The number of guanidine groups is 1. The number of fused-ring (bicyclic) bond motifs is 1. The third kappa shape index (κ3) is 6.40. The number of thiophene rings is 1. The summed E-state index contributed by atoms with van der Waals surface area (Å²) in [5.74, 6) is 3.33. The number of halogens is 1. The molecule has 6 nitrogen and oxygen atoms in total. The maximum atomic E-state index is 5.45. The highest BCUT2D eigenvalue weighted by Gasteiger charge is 2.13. The molecule has 3 aromatic rings. The molecule has 0 bridgehead atoms. The number of hydrogen-bond acceptors (Lipinski definition) is 5. The Balaban J connectivity index is 0.00000240. The zero-order chi connectivity index (χ0) is 19.0. The SMILES string of the molecule is I.c1coc(CCNC(=NCc2ccc3c(c2)OCO3)NCCc2cccs2)c1. The Kier molecular flexibility index (Phi) is 8.24. The van der Waals surface area contributed by atoms with Crippen molar-refractivity contribution in [1.29, 1.82) is 0 Å². The first kappa shape index (κ1) is 21.5. The molecule has 4 rings (SSSR count). The van der Waals surface area contributed by atoms with E-state index in [1.54, 1.807) is 17.6 Å². The van der Waals surface area contributed by atoms with Gasteiger partial charge in [-0.2, -0.15) is 0 Å². The van der Waals surface area contributed by atoms with Crippen LogP contribution in [0, 0.1) is 0 Å². The summed E-state index contributed by atoms with van der Waals surface area (Å²) < 4.78 is 16.2. The van der Waals surface area contributed by atoms with Crippen LogP contribution in [0.25, 0.3) is 0 Å². The summed E-state index contributed by atoms with van der Waals surface area (Å²) in [6.45, 7) is 2.42. The standard InChI is InChI=1S/C21H23N3O3S.HI/c1-3-17(25-11-1)7-9-22-21(23-10-8-18-4-2-12-28-18)24-14-16-5-6-19-20(13-16)27-15-26-19;/h1-6,11-13H,7-10,14-15H2,(H2,22,23,24);1H. The second-order valence-electron chi connectivity index (χ2n) is 6.36. The summed E-state index contributed by atoms with van der Waals surface area (Å²) in [4.78, 5) is 6.09. The minimum atomic E-state index is 0. The molecule has 1 aliphatic heterocycles. The van der Waals surface area contributed by atoms with Crippen LogP contribution in [-0.4, -0.2) is 25.8 Å². The van der Waals surface area contributed by atoms with Crippen LogP contribution in [0.5, 0.6) is 11.5 Å². The Labute approximate surface area is 191 Å². The van der Waals surface area contributed by atoms with Gasteiger partial charge in [-0.15, -0.1) is 35.3 Å². The van der Waals surface area contributed by atoms with Crippen LogP contribution in [0.4, 0.5) is 0 Å². The Bertz CT molecular complexity index is 856. The average molecular weight is 525 g/mol. The number of furan rings is 1. The maximum absolute atomic E-state index is 5.45. The lowest BCUT2D eigenvalue weighted by molar-refractivity contribution is 0.174. The molecule has 0 aliphatic carbocycles. The molecule has 2 N–H and O–H groups in total. The van der Waals surface area contributed by atoms with Crippen molar-refractivity contribution in [2.75, 3.05) is 19.9 Å². The monoisotopic (exact) mass is 525 g/mol. The van der Waals surface area contributed by atoms with E-state index < -0.39 is 0 Å². The third-order valence-corrected chi connectivity index (χ3v) is 5.28. The fraction of sp³-hybridized carbons (Fsp3) is 0.286. The fourth-order valence-electron chi connectivity index (χ4n) is 2.90. The van der Waals surface area contributed by atoms with E-state index in [0.717, 1.165) is 54.7 Å². The predicted octanol–water partition coefficient (Wildman–Crippen LogP) is 4.21. The molecule has 0 saturated carbocycles. The quantitative estimate of drug-likeness (QED) is 0.262. The molecular weight excluding hydrogens is 501 g/mol. The summed E-state index contributed by atoms with van der Waals surface area (Å²) in [5, 5.41) is 8.91. The van der Waals surface area contributed by atoms with Gasteiger partial charge in [-0.25, -0.2) is 4.99 Å². The van der Waals surface area contributed by atoms with Crippen LogP contribution in [0.1, 0.15) is 16.2 Å². The predicted molar refractivity (Wildman–Crippen MR) is 126 cm³/mol. The maximum Gasteiger partial charge on any atom is 0.231 e. The van der Waals surface area contributed by atoms with Gasteiger partial charge in [0, 0.05) is 24.4 Å². The molecule has 1 aromatic carbocycles. The molecule has 2 aromatic heterocycles. The highest BCUT2D eigenvalue weighted by atomic mass is 127. The van der Waals surface area contributed by atoms with Crippen molar-refractivity contribution in [2.45, 2.75) is 19.4 Å². The van der Waals surface area contributed by atoms with Crippen molar-refractivity contribution in [2.24, 2.45) is 4.99 Å². The van der Waals surface area contributed by atoms with Gasteiger partial charge in [-0.05, 0) is 47.7 Å². The van der Waals surface area contributed by atoms with Crippen LogP contribution in [0.15, 0.2) is 63.5 Å². The van der Waals surface area contributed by atoms with Gasteiger partial charge < -0.3 is 24.5 Å². The van der Waals surface area contributed by atoms with Crippen LogP contribution in [0.2, 0.25) is 0 Å². The lowest BCUT2D eigenvalue weighted by atomic mass is 10.2. The molecule has 0 spiro atoms. The number of rotatable bonds is 8. The fourth-order valence-corrected chi connectivity index (χ4v) is 3.61. The van der Waals surface area contributed by atoms with Gasteiger partial charge in [-0.3, -0.25) is 0 Å². The van der Waals surface area contributed by atoms with Crippen molar-refractivity contribution >= 4 is 41.3 Å². The van der Waals surface area contributed by atoms with Crippen molar-refractivity contribution in [3.63, 3.8) is 0 Å². The van der Waals surface area contributed by atoms with Crippen LogP contribution < -0.4 is 20.1 Å². The first-order chi connectivity index (χ1) is 13.9. The van der Waals surface area contributed by atoms with Gasteiger partial charge in [0.25, 0.3) is 0 Å². The zero-order valence-electron chi connectivity index (χ0n) is 15.9. The highest BCUT2D eigenvalue weighted by Crippen LogP contribution is 2.32. The Morgan fingerprint density at radius 3 is 2.66 bits per heavy atom. The second-order valence-corrected chi connectivity index (χ2v) is 7.40. The smallest absolute Gasteiger partial charge is 0.231 e. The summed E-state index contributed by atoms with van der Waals surface area (Å²) in [6, 6.07) is 14.1. The molecule has 8 heteroatoms. The van der Waals surface area contributed by atoms with Crippen molar-refractivity contribution in [1.82, 2.24) is 10.6 Å². The molecule has 154 valence electrons. The largest absolute Gasteiger partial charge is 0.469 e. The van der Waals surface area contributed by atoms with Gasteiger partial charge in [0.2, 0.25) is 6.79 Å². The number of nitrogens with one attached hydrogen (secondary N) is 2. The van der Waals surface area contributed by atoms with E-state index in [1.165, 1.54) is 4.88 Å². The molecule has 3 heterocycles. The number of aliphatic imine (C=N–C) groups is 1. The van der Waals surface area contributed by atoms with Gasteiger partial charge in [0.15, 0.2) is 17.5 Å². The van der Waals surface area contributed by atoms with Crippen molar-refractivity contribution in [3.8, 4) is 11.5 Å². The summed E-state index contributed by atoms with van der Waals surface area (Å²) >= 11 is 1.77.